The van der Waals surface area contributed by atoms with Crippen LogP contribution in [0.25, 0.3) is 93.1 Å². The maximum absolute atomic E-state index is 5.46. The third-order valence-corrected chi connectivity index (χ3v) is 10.0. The third kappa shape index (κ3) is 4.03. The number of aromatic nitrogens is 2. The lowest BCUT2D eigenvalue weighted by atomic mass is 9.92. The number of hydrogen-bond donors (Lipinski definition) is 0. The van der Waals surface area contributed by atoms with Gasteiger partial charge >= 0.3 is 0 Å². The molecule has 224 valence electrons. The number of fused-ring (bicyclic) bond motifs is 9. The summed E-state index contributed by atoms with van der Waals surface area (Å²) in [5.41, 5.74) is 11.8. The Balaban J connectivity index is 1.18. The molecule has 0 amide bonds. The fourth-order valence-electron chi connectivity index (χ4n) is 7.72. The van der Waals surface area contributed by atoms with E-state index in [4.69, 9.17) is 4.98 Å². The number of aryl methyl sites for hydroxylation is 1. The van der Waals surface area contributed by atoms with Gasteiger partial charge in [-0.3, -0.25) is 0 Å². The van der Waals surface area contributed by atoms with Gasteiger partial charge < -0.3 is 4.57 Å². The highest BCUT2D eigenvalue weighted by Crippen LogP contribution is 2.41. The Morgan fingerprint density at radius 3 is 1.83 bits per heavy atom. The van der Waals surface area contributed by atoms with Gasteiger partial charge in [0, 0.05) is 43.6 Å². The highest BCUT2D eigenvalue weighted by molar-refractivity contribution is 6.21. The van der Waals surface area contributed by atoms with E-state index in [2.05, 4.69) is 175 Å². The number of para-hydroxylation sites is 1. The van der Waals surface area contributed by atoms with Crippen molar-refractivity contribution in [2.75, 3.05) is 0 Å². The minimum absolute atomic E-state index is 1.04. The number of hydrogen-bond acceptors (Lipinski definition) is 1. The lowest BCUT2D eigenvalue weighted by Crippen LogP contribution is -1.94. The van der Waals surface area contributed by atoms with Gasteiger partial charge in [0.15, 0.2) is 0 Å². The maximum atomic E-state index is 5.46. The number of pyridine rings is 1. The van der Waals surface area contributed by atoms with Crippen LogP contribution in [-0.2, 0) is 0 Å². The zero-order valence-electron chi connectivity index (χ0n) is 26.5. The van der Waals surface area contributed by atoms with Crippen molar-refractivity contribution in [2.24, 2.45) is 0 Å². The monoisotopic (exact) mass is 610 g/mol. The Labute approximate surface area is 278 Å². The lowest BCUT2D eigenvalue weighted by molar-refractivity contribution is 1.18. The van der Waals surface area contributed by atoms with Crippen molar-refractivity contribution in [1.29, 1.82) is 0 Å². The molecule has 0 aliphatic rings. The smallest absolute Gasteiger partial charge is 0.0794 e. The van der Waals surface area contributed by atoms with E-state index in [1.54, 1.807) is 0 Å². The molecule has 0 radical (unpaired) electrons. The average Bonchev–Trinajstić information content (AvgIpc) is 3.47. The molecule has 2 heterocycles. The van der Waals surface area contributed by atoms with Gasteiger partial charge in [0.2, 0.25) is 0 Å². The highest BCUT2D eigenvalue weighted by atomic mass is 15.0. The van der Waals surface area contributed by atoms with E-state index in [1.807, 2.05) is 0 Å². The molecule has 0 bridgehead atoms. The number of nitrogens with zero attached hydrogens (tertiary/aromatic N) is 2. The van der Waals surface area contributed by atoms with Crippen LogP contribution in [0.5, 0.6) is 0 Å². The summed E-state index contributed by atoms with van der Waals surface area (Å²) < 4.78 is 2.38. The Morgan fingerprint density at radius 2 is 1.02 bits per heavy atom. The molecule has 10 aromatic rings. The van der Waals surface area contributed by atoms with Crippen LogP contribution in [0.2, 0.25) is 0 Å². The van der Waals surface area contributed by atoms with Crippen LogP contribution in [0.15, 0.2) is 164 Å². The van der Waals surface area contributed by atoms with E-state index in [0.29, 0.717) is 0 Å². The van der Waals surface area contributed by atoms with Gasteiger partial charge in [0.1, 0.15) is 0 Å². The molecular weight excluding hydrogens is 581 g/mol. The van der Waals surface area contributed by atoms with Crippen LogP contribution in [0.1, 0.15) is 5.56 Å². The first kappa shape index (κ1) is 26.9. The van der Waals surface area contributed by atoms with Crippen LogP contribution >= 0.6 is 0 Å². The molecule has 0 saturated heterocycles. The molecule has 0 spiro atoms. The van der Waals surface area contributed by atoms with Crippen molar-refractivity contribution in [3.63, 3.8) is 0 Å². The Morgan fingerprint density at radius 1 is 0.396 bits per heavy atom. The zero-order valence-corrected chi connectivity index (χ0v) is 26.5. The fraction of sp³-hybridized carbons (Fsp3) is 0.0217. The minimum atomic E-state index is 1.04. The largest absolute Gasteiger partial charge is 0.309 e. The standard InChI is InChI=1S/C46H30N2/c1-29-15-26-43-41(27-29)37-13-7-8-14-42(37)48(43)35-22-18-30(19-23-35)34-17-16-32-21-25-39-44(33-10-3-2-4-11-33)38-24-20-31-9-5-6-12-36(31)45(38)47-46(39)40(32)28-34/h2-28H,1H3. The molecule has 8 aromatic carbocycles. The molecule has 0 unspecified atom stereocenters. The predicted molar refractivity (Wildman–Crippen MR) is 204 cm³/mol. The summed E-state index contributed by atoms with van der Waals surface area (Å²) in [5, 5.41) is 9.66. The van der Waals surface area contributed by atoms with Crippen LogP contribution in [0, 0.1) is 6.92 Å². The van der Waals surface area contributed by atoms with Crippen LogP contribution in [0.4, 0.5) is 0 Å². The molecule has 2 nitrogen and oxygen atoms in total. The summed E-state index contributed by atoms with van der Waals surface area (Å²) >= 11 is 0. The molecular formula is C46H30N2. The Bertz CT molecular complexity index is 2880. The van der Waals surface area contributed by atoms with Crippen molar-refractivity contribution < 1.29 is 0 Å². The average molecular weight is 611 g/mol. The van der Waals surface area contributed by atoms with E-state index < -0.39 is 0 Å². The molecule has 48 heavy (non-hydrogen) atoms. The quantitative estimate of drug-likeness (QED) is 0.144. The minimum Gasteiger partial charge on any atom is -0.309 e. The van der Waals surface area contributed by atoms with Crippen molar-refractivity contribution in [2.45, 2.75) is 6.92 Å². The van der Waals surface area contributed by atoms with E-state index in [0.717, 1.165) is 16.7 Å². The second-order valence-corrected chi connectivity index (χ2v) is 12.9. The normalized spacial score (nSPS) is 11.9. The number of rotatable bonds is 3. The van der Waals surface area contributed by atoms with Crippen molar-refractivity contribution >= 4 is 65.2 Å². The highest BCUT2D eigenvalue weighted by Gasteiger charge is 2.16. The summed E-state index contributed by atoms with van der Waals surface area (Å²) in [4.78, 5) is 5.46. The first-order valence-corrected chi connectivity index (χ1v) is 16.6. The molecule has 2 aromatic heterocycles. The first-order chi connectivity index (χ1) is 23.7. The van der Waals surface area contributed by atoms with Crippen LogP contribution in [0.3, 0.4) is 0 Å². The van der Waals surface area contributed by atoms with E-state index in [9.17, 15) is 0 Å². The van der Waals surface area contributed by atoms with Crippen molar-refractivity contribution in [3.05, 3.63) is 169 Å². The summed E-state index contributed by atoms with van der Waals surface area (Å²) in [6.45, 7) is 2.16. The van der Waals surface area contributed by atoms with Gasteiger partial charge in [-0.25, -0.2) is 4.98 Å². The van der Waals surface area contributed by atoms with Crippen LogP contribution < -0.4 is 0 Å². The van der Waals surface area contributed by atoms with Crippen molar-refractivity contribution in [3.8, 4) is 27.9 Å². The van der Waals surface area contributed by atoms with Crippen LogP contribution in [-0.4, -0.2) is 9.55 Å². The van der Waals surface area contributed by atoms with Gasteiger partial charge in [0.05, 0.1) is 22.1 Å². The van der Waals surface area contributed by atoms with Gasteiger partial charge in [-0.2, -0.15) is 0 Å². The summed E-state index contributed by atoms with van der Waals surface area (Å²) in [6, 6.07) is 59.6. The Hall–Kier alpha value is -6.25. The van der Waals surface area contributed by atoms with Gasteiger partial charge in [-0.15, -0.1) is 0 Å². The van der Waals surface area contributed by atoms with E-state index >= 15 is 0 Å². The second kappa shape index (κ2) is 10.4. The Kier molecular flexibility index (Phi) is 5.82. The predicted octanol–water partition coefficient (Wildman–Crippen LogP) is 12.4. The molecule has 0 aliphatic carbocycles. The van der Waals surface area contributed by atoms with Crippen molar-refractivity contribution in [1.82, 2.24) is 9.55 Å². The second-order valence-electron chi connectivity index (χ2n) is 12.9. The lowest BCUT2D eigenvalue weighted by Gasteiger charge is -2.15. The molecule has 2 heteroatoms. The van der Waals surface area contributed by atoms with E-state index in [1.165, 1.54) is 81.9 Å². The van der Waals surface area contributed by atoms with Gasteiger partial charge in [0.25, 0.3) is 0 Å². The molecule has 0 atom stereocenters. The topological polar surface area (TPSA) is 17.8 Å². The number of benzene rings is 8. The maximum Gasteiger partial charge on any atom is 0.0794 e. The molecule has 0 fully saturated rings. The fourth-order valence-corrected chi connectivity index (χ4v) is 7.72. The molecule has 0 N–H and O–H groups in total. The summed E-state index contributed by atoms with van der Waals surface area (Å²) in [6.07, 6.45) is 0. The zero-order chi connectivity index (χ0) is 31.8. The van der Waals surface area contributed by atoms with E-state index in [-0.39, 0.29) is 0 Å². The SMILES string of the molecule is Cc1ccc2c(c1)c1ccccc1n2-c1ccc(-c2ccc3ccc4c(-c5ccccc5)c5ccc6ccccc6c5nc4c3c2)cc1. The summed E-state index contributed by atoms with van der Waals surface area (Å²) in [5.74, 6) is 0. The van der Waals surface area contributed by atoms with Gasteiger partial charge in [-0.1, -0.05) is 133 Å². The third-order valence-electron chi connectivity index (χ3n) is 10.0. The molecule has 0 aliphatic heterocycles. The molecule has 10 rings (SSSR count). The van der Waals surface area contributed by atoms with Gasteiger partial charge in [-0.05, 0) is 70.8 Å². The molecule has 0 saturated carbocycles. The summed E-state index contributed by atoms with van der Waals surface area (Å²) in [7, 11) is 0. The first-order valence-electron chi connectivity index (χ1n) is 16.6.